The third-order valence-corrected chi connectivity index (χ3v) is 7.86. The third-order valence-electron chi connectivity index (χ3n) is 6.69. The van der Waals surface area contributed by atoms with Gasteiger partial charge in [0.25, 0.3) is 5.91 Å². The molecule has 0 bridgehead atoms. The summed E-state index contributed by atoms with van der Waals surface area (Å²) in [5, 5.41) is 11.4. The molecule has 5 nitrogen and oxygen atoms in total. The quantitative estimate of drug-likeness (QED) is 0.324. The van der Waals surface area contributed by atoms with Crippen LogP contribution in [0.2, 0.25) is 0 Å². The molecule has 0 saturated heterocycles. The highest BCUT2D eigenvalue weighted by atomic mass is 32.1. The molecule has 39 heavy (non-hydrogen) atoms. The first-order valence-electron chi connectivity index (χ1n) is 12.8. The Morgan fingerprint density at radius 1 is 1.15 bits per heavy atom. The number of ether oxygens (including phenoxy) is 1. The van der Waals surface area contributed by atoms with Crippen molar-refractivity contribution < 1.29 is 32.6 Å². The second-order valence-corrected chi connectivity index (χ2v) is 12.6. The summed E-state index contributed by atoms with van der Waals surface area (Å²) in [5.41, 5.74) is 1.51. The number of amides is 1. The number of aryl methyl sites for hydroxylation is 2. The lowest BCUT2D eigenvalue weighted by Crippen LogP contribution is -2.33. The Balaban J connectivity index is 1.83. The van der Waals surface area contributed by atoms with Crippen molar-refractivity contribution in [2.75, 3.05) is 6.54 Å². The van der Waals surface area contributed by atoms with Gasteiger partial charge in [0, 0.05) is 11.4 Å². The molecule has 2 aromatic rings. The van der Waals surface area contributed by atoms with E-state index in [9.17, 15) is 22.8 Å². The highest BCUT2D eigenvalue weighted by molar-refractivity contribution is 7.14. The minimum Gasteiger partial charge on any atom is -0.485 e. The number of benzene rings is 1. The van der Waals surface area contributed by atoms with Crippen molar-refractivity contribution in [3.63, 3.8) is 0 Å². The molecule has 0 radical (unpaired) electrons. The van der Waals surface area contributed by atoms with Crippen LogP contribution in [0, 0.1) is 24.7 Å². The number of aliphatic carboxylic acids is 1. The van der Waals surface area contributed by atoms with Crippen molar-refractivity contribution >= 4 is 28.8 Å². The fraction of sp³-hybridized carbons (Fsp3) is 0.467. The van der Waals surface area contributed by atoms with E-state index < -0.39 is 17.6 Å². The van der Waals surface area contributed by atoms with Crippen molar-refractivity contribution in [2.24, 2.45) is 10.8 Å². The van der Waals surface area contributed by atoms with Crippen molar-refractivity contribution in [2.45, 2.75) is 73.1 Å². The first-order chi connectivity index (χ1) is 18.0. The lowest BCUT2D eigenvalue weighted by atomic mass is 9.79. The lowest BCUT2D eigenvalue weighted by molar-refractivity contribution is -0.199. The van der Waals surface area contributed by atoms with Gasteiger partial charge in [0.2, 0.25) is 0 Å². The van der Waals surface area contributed by atoms with E-state index >= 15 is 0 Å². The molecule has 1 heterocycles. The summed E-state index contributed by atoms with van der Waals surface area (Å²) >= 11 is 1.31. The highest BCUT2D eigenvalue weighted by Gasteiger charge is 2.49. The van der Waals surface area contributed by atoms with Gasteiger partial charge in [0.05, 0.1) is 16.7 Å². The summed E-state index contributed by atoms with van der Waals surface area (Å²) in [6.45, 7) is 11.4. The van der Waals surface area contributed by atoms with Gasteiger partial charge in [-0.1, -0.05) is 39.0 Å². The summed E-state index contributed by atoms with van der Waals surface area (Å²) in [5.74, 6) is -0.661. The molecule has 1 aliphatic rings. The van der Waals surface area contributed by atoms with E-state index in [1.807, 2.05) is 32.0 Å². The minimum absolute atomic E-state index is 0.0509. The van der Waals surface area contributed by atoms with Gasteiger partial charge in [0.15, 0.2) is 0 Å². The fourth-order valence-corrected chi connectivity index (χ4v) is 5.47. The number of nitrogens with one attached hydrogen (secondary N) is 1. The summed E-state index contributed by atoms with van der Waals surface area (Å²) in [6.07, 6.45) is 0.233. The minimum atomic E-state index is -4.31. The van der Waals surface area contributed by atoms with Crippen LogP contribution in [0.1, 0.15) is 84.3 Å². The zero-order valence-electron chi connectivity index (χ0n) is 23.2. The molecule has 1 amide bonds. The number of hydrogen-bond donors (Lipinski definition) is 2. The van der Waals surface area contributed by atoms with Gasteiger partial charge in [-0.05, 0) is 85.6 Å². The topological polar surface area (TPSA) is 75.6 Å². The molecule has 1 aromatic carbocycles. The maximum atomic E-state index is 13.4. The lowest BCUT2D eigenvalue weighted by Gasteiger charge is -2.31. The summed E-state index contributed by atoms with van der Waals surface area (Å²) in [7, 11) is 0. The van der Waals surface area contributed by atoms with Crippen LogP contribution in [-0.4, -0.2) is 29.7 Å². The van der Waals surface area contributed by atoms with E-state index in [0.29, 0.717) is 17.0 Å². The molecular formula is C30H36F3NO4S. The molecule has 2 atom stereocenters. The van der Waals surface area contributed by atoms with Crippen molar-refractivity contribution in [1.82, 2.24) is 5.32 Å². The Morgan fingerprint density at radius 3 is 2.31 bits per heavy atom. The molecule has 1 aliphatic carbocycles. The zero-order valence-corrected chi connectivity index (χ0v) is 24.0. The molecule has 2 unspecified atom stereocenters. The van der Waals surface area contributed by atoms with Crippen LogP contribution in [0.3, 0.4) is 0 Å². The van der Waals surface area contributed by atoms with E-state index in [1.54, 1.807) is 18.2 Å². The van der Waals surface area contributed by atoms with E-state index in [4.69, 9.17) is 9.84 Å². The first-order valence-corrected chi connectivity index (χ1v) is 13.6. The van der Waals surface area contributed by atoms with E-state index in [-0.39, 0.29) is 36.8 Å². The number of alkyl halides is 3. The number of hydrogen-bond acceptors (Lipinski definition) is 4. The van der Waals surface area contributed by atoms with Crippen LogP contribution in [0.5, 0.6) is 5.75 Å². The van der Waals surface area contributed by atoms with Crippen LogP contribution >= 0.6 is 11.3 Å². The van der Waals surface area contributed by atoms with Gasteiger partial charge in [-0.25, -0.2) is 0 Å². The molecule has 3 rings (SSSR count). The Kier molecular flexibility index (Phi) is 9.05. The number of halogens is 3. The van der Waals surface area contributed by atoms with E-state index in [0.717, 1.165) is 27.1 Å². The highest BCUT2D eigenvalue weighted by Crippen LogP contribution is 2.46. The molecule has 212 valence electrons. The number of carboxylic acid groups (broad SMARTS) is 1. The zero-order chi connectivity index (χ0) is 29.2. The number of carboxylic acids is 1. The van der Waals surface area contributed by atoms with Crippen LogP contribution in [-0.2, 0) is 4.79 Å². The number of thiophene rings is 1. The van der Waals surface area contributed by atoms with Crippen LogP contribution in [0.15, 0.2) is 42.5 Å². The molecule has 0 saturated carbocycles. The smallest absolute Gasteiger partial charge is 0.397 e. The molecular weight excluding hydrogens is 527 g/mol. The second-order valence-electron chi connectivity index (χ2n) is 11.5. The van der Waals surface area contributed by atoms with Crippen LogP contribution in [0.4, 0.5) is 13.2 Å². The Labute approximate surface area is 231 Å². The van der Waals surface area contributed by atoms with Gasteiger partial charge in [-0.2, -0.15) is 13.2 Å². The van der Waals surface area contributed by atoms with Gasteiger partial charge in [-0.3, -0.25) is 9.59 Å². The Morgan fingerprint density at radius 2 is 1.79 bits per heavy atom. The maximum Gasteiger partial charge on any atom is 0.397 e. The van der Waals surface area contributed by atoms with Gasteiger partial charge >= 0.3 is 12.1 Å². The summed E-state index contributed by atoms with van der Waals surface area (Å²) in [4.78, 5) is 24.5. The standard InChI is InChI=1S/C30H36F3NO4S/c1-18-15-21(16-19(2)26(18)20-9-12-29(6,13-10-20)30(31,32)33)38-22(17-28(3,4)5)23-7-8-24(39-23)27(37)34-14-11-25(35)36/h7-10,12,15-16,22H,11,13-14,17H2,1-6H3,(H,34,37)(H,35,36). The second kappa shape index (κ2) is 11.6. The summed E-state index contributed by atoms with van der Waals surface area (Å²) in [6, 6.07) is 7.37. The van der Waals surface area contributed by atoms with Crippen LogP contribution in [0.25, 0.3) is 5.57 Å². The molecule has 0 aliphatic heterocycles. The Bertz CT molecular complexity index is 1260. The molecule has 0 spiro atoms. The normalized spacial score (nSPS) is 18.4. The maximum absolute atomic E-state index is 13.4. The SMILES string of the molecule is Cc1cc(OC(CC(C)(C)C)c2ccc(C(=O)NCCC(=O)O)s2)cc(C)c1C1=CCC(C)(C(F)(F)F)C=C1. The number of rotatable bonds is 9. The monoisotopic (exact) mass is 563 g/mol. The third kappa shape index (κ3) is 7.75. The number of allylic oxidation sites excluding steroid dienone is 4. The van der Waals surface area contributed by atoms with Crippen molar-refractivity contribution in [3.8, 4) is 5.75 Å². The predicted octanol–water partition coefficient (Wildman–Crippen LogP) is 8.04. The molecule has 9 heteroatoms. The van der Waals surface area contributed by atoms with Gasteiger partial charge in [0.1, 0.15) is 11.9 Å². The predicted molar refractivity (Wildman–Crippen MR) is 148 cm³/mol. The van der Waals surface area contributed by atoms with Gasteiger partial charge < -0.3 is 15.2 Å². The molecule has 1 aromatic heterocycles. The molecule has 2 N–H and O–H groups in total. The average molecular weight is 564 g/mol. The van der Waals surface area contributed by atoms with Crippen molar-refractivity contribution in [1.29, 1.82) is 0 Å². The van der Waals surface area contributed by atoms with E-state index in [1.165, 1.54) is 24.3 Å². The largest absolute Gasteiger partial charge is 0.485 e. The average Bonchev–Trinajstić information content (AvgIpc) is 3.28. The van der Waals surface area contributed by atoms with Crippen molar-refractivity contribution in [3.05, 3.63) is 68.9 Å². The summed E-state index contributed by atoms with van der Waals surface area (Å²) < 4.78 is 46.8. The van der Waals surface area contributed by atoms with Gasteiger partial charge in [-0.15, -0.1) is 11.3 Å². The fourth-order valence-electron chi connectivity index (χ4n) is 4.51. The Hall–Kier alpha value is -3.07. The van der Waals surface area contributed by atoms with E-state index in [2.05, 4.69) is 26.1 Å². The number of carbonyl (C=O) groups is 2. The number of carbonyl (C=O) groups excluding carboxylic acids is 1. The molecule has 0 fully saturated rings. The first kappa shape index (κ1) is 30.5. The van der Waals surface area contributed by atoms with Crippen LogP contribution < -0.4 is 10.1 Å².